The molecule has 1 saturated heterocycles. The Bertz CT molecular complexity index is 766. The molecule has 2 N–H and O–H groups in total. The maximum atomic E-state index is 12.0. The zero-order valence-electron chi connectivity index (χ0n) is 12.1. The number of rotatable bonds is 4. The van der Waals surface area contributed by atoms with E-state index >= 15 is 0 Å². The average molecular weight is 462 g/mol. The maximum absolute atomic E-state index is 12.0. The standard InChI is InChI=1S/C14H10Br2N2O6/c1-18-13(22)7(12(21)17-14(18)23)2-6-3-8(15)11(9(16)4-6)24-5-10(19)20/h2-4H,5H2,1H3,(H,19,20)(H,17,21,23)/b7-2+. The van der Waals surface area contributed by atoms with Crippen molar-refractivity contribution in [2.24, 2.45) is 0 Å². The molecule has 1 aliphatic rings. The van der Waals surface area contributed by atoms with Gasteiger partial charge in [0.15, 0.2) is 6.61 Å². The van der Waals surface area contributed by atoms with Gasteiger partial charge < -0.3 is 9.84 Å². The van der Waals surface area contributed by atoms with E-state index in [0.29, 0.717) is 14.5 Å². The molecule has 0 aliphatic carbocycles. The van der Waals surface area contributed by atoms with Crippen LogP contribution in [0.2, 0.25) is 0 Å². The largest absolute Gasteiger partial charge is 0.480 e. The van der Waals surface area contributed by atoms with Crippen molar-refractivity contribution in [3.63, 3.8) is 0 Å². The van der Waals surface area contributed by atoms with Gasteiger partial charge in [0.25, 0.3) is 11.8 Å². The highest BCUT2D eigenvalue weighted by molar-refractivity contribution is 9.11. The van der Waals surface area contributed by atoms with Crippen LogP contribution in [-0.2, 0) is 14.4 Å². The van der Waals surface area contributed by atoms with Gasteiger partial charge in [0.1, 0.15) is 11.3 Å². The first kappa shape index (κ1) is 18.1. The smallest absolute Gasteiger partial charge is 0.341 e. The molecule has 1 aliphatic heterocycles. The Kier molecular flexibility index (Phi) is 5.40. The summed E-state index contributed by atoms with van der Waals surface area (Å²) in [5.41, 5.74) is 0.271. The minimum absolute atomic E-state index is 0.199. The van der Waals surface area contributed by atoms with E-state index in [1.165, 1.54) is 13.1 Å². The molecule has 8 nitrogen and oxygen atoms in total. The quantitative estimate of drug-likeness (QED) is 0.521. The van der Waals surface area contributed by atoms with Crippen LogP contribution in [0.1, 0.15) is 5.56 Å². The van der Waals surface area contributed by atoms with Crippen molar-refractivity contribution in [1.29, 1.82) is 0 Å². The normalized spacial score (nSPS) is 16.4. The summed E-state index contributed by atoms with van der Waals surface area (Å²) in [5, 5.41) is 10.7. The lowest BCUT2D eigenvalue weighted by Crippen LogP contribution is -2.52. The van der Waals surface area contributed by atoms with Crippen molar-refractivity contribution < 1.29 is 29.0 Å². The van der Waals surface area contributed by atoms with Gasteiger partial charge >= 0.3 is 12.0 Å². The van der Waals surface area contributed by atoms with Crippen LogP contribution in [0, 0.1) is 0 Å². The van der Waals surface area contributed by atoms with E-state index in [4.69, 9.17) is 9.84 Å². The van der Waals surface area contributed by atoms with E-state index in [2.05, 4.69) is 31.9 Å². The molecule has 0 radical (unpaired) electrons. The van der Waals surface area contributed by atoms with Crippen molar-refractivity contribution in [1.82, 2.24) is 10.2 Å². The Morgan fingerprint density at radius 3 is 2.42 bits per heavy atom. The molecule has 4 amide bonds. The molecule has 0 unspecified atom stereocenters. The molecular weight excluding hydrogens is 452 g/mol. The summed E-state index contributed by atoms with van der Waals surface area (Å²) >= 11 is 6.47. The third-order valence-electron chi connectivity index (χ3n) is 2.98. The monoisotopic (exact) mass is 460 g/mol. The fourth-order valence-electron chi connectivity index (χ4n) is 1.85. The van der Waals surface area contributed by atoms with Gasteiger partial charge in [-0.05, 0) is 55.6 Å². The molecule has 1 heterocycles. The van der Waals surface area contributed by atoms with Gasteiger partial charge in [-0.15, -0.1) is 0 Å². The van der Waals surface area contributed by atoms with Gasteiger partial charge in [-0.1, -0.05) is 0 Å². The third kappa shape index (κ3) is 3.82. The molecular formula is C14H10Br2N2O6. The van der Waals surface area contributed by atoms with Gasteiger partial charge in [0.05, 0.1) is 8.95 Å². The topological polar surface area (TPSA) is 113 Å². The van der Waals surface area contributed by atoms with Gasteiger partial charge in [-0.2, -0.15) is 0 Å². The first-order valence-corrected chi connectivity index (χ1v) is 7.98. The van der Waals surface area contributed by atoms with Crippen LogP contribution >= 0.6 is 31.9 Å². The molecule has 10 heteroatoms. The summed E-state index contributed by atoms with van der Waals surface area (Å²) < 4.78 is 5.99. The Labute approximate surface area is 152 Å². The highest BCUT2D eigenvalue weighted by Crippen LogP contribution is 2.35. The lowest BCUT2D eigenvalue weighted by molar-refractivity contribution is -0.139. The lowest BCUT2D eigenvalue weighted by Gasteiger charge is -2.22. The highest BCUT2D eigenvalue weighted by atomic mass is 79.9. The number of carbonyl (C=O) groups is 4. The number of likely N-dealkylation sites (N-methyl/N-ethyl adjacent to an activating group) is 1. The first-order valence-electron chi connectivity index (χ1n) is 6.39. The Morgan fingerprint density at radius 2 is 1.88 bits per heavy atom. The van der Waals surface area contributed by atoms with E-state index in [-0.39, 0.29) is 11.3 Å². The van der Waals surface area contributed by atoms with Gasteiger partial charge in [-0.3, -0.25) is 19.8 Å². The van der Waals surface area contributed by atoms with Crippen LogP contribution in [0.3, 0.4) is 0 Å². The van der Waals surface area contributed by atoms with Crippen LogP contribution in [-0.4, -0.2) is 47.5 Å². The minimum Gasteiger partial charge on any atom is -0.480 e. The van der Waals surface area contributed by atoms with E-state index < -0.39 is 30.4 Å². The van der Waals surface area contributed by atoms with Gasteiger partial charge in [0, 0.05) is 7.05 Å². The van der Waals surface area contributed by atoms with Crippen molar-refractivity contribution >= 4 is 61.8 Å². The number of hydrogen-bond donors (Lipinski definition) is 2. The fraction of sp³-hybridized carbons (Fsp3) is 0.143. The second-order valence-electron chi connectivity index (χ2n) is 4.68. The molecule has 1 aromatic carbocycles. The molecule has 0 atom stereocenters. The van der Waals surface area contributed by atoms with Crippen LogP contribution in [0.25, 0.3) is 6.08 Å². The number of nitrogens with one attached hydrogen (secondary N) is 1. The van der Waals surface area contributed by atoms with Gasteiger partial charge in [0.2, 0.25) is 0 Å². The van der Waals surface area contributed by atoms with E-state index in [1.807, 2.05) is 5.32 Å². The van der Waals surface area contributed by atoms with Crippen LogP contribution < -0.4 is 10.1 Å². The summed E-state index contributed by atoms with van der Waals surface area (Å²) in [4.78, 5) is 46.6. The van der Waals surface area contributed by atoms with Crippen LogP contribution in [0.15, 0.2) is 26.7 Å². The highest BCUT2D eigenvalue weighted by Gasteiger charge is 2.33. The lowest BCUT2D eigenvalue weighted by atomic mass is 10.1. The third-order valence-corrected chi connectivity index (χ3v) is 4.15. The number of benzene rings is 1. The number of ether oxygens (including phenoxy) is 1. The number of carboxylic acid groups (broad SMARTS) is 1. The predicted octanol–water partition coefficient (Wildman–Crippen LogP) is 1.77. The van der Waals surface area contributed by atoms with E-state index in [9.17, 15) is 19.2 Å². The summed E-state index contributed by atoms with van der Waals surface area (Å²) in [7, 11) is 1.26. The molecule has 2 rings (SSSR count). The summed E-state index contributed by atoms with van der Waals surface area (Å²) in [6.45, 7) is -0.522. The number of halogens is 2. The molecule has 0 bridgehead atoms. The molecule has 0 spiro atoms. The number of urea groups is 1. The number of carbonyl (C=O) groups excluding carboxylic acids is 3. The summed E-state index contributed by atoms with van der Waals surface area (Å²) in [6.07, 6.45) is 1.32. The molecule has 0 saturated carbocycles. The second-order valence-corrected chi connectivity index (χ2v) is 6.39. The number of amides is 4. The number of carboxylic acids is 1. The first-order chi connectivity index (χ1) is 11.2. The van der Waals surface area contributed by atoms with E-state index in [0.717, 1.165) is 4.90 Å². The Hall–Kier alpha value is -2.20. The molecule has 1 aromatic rings. The number of barbiturate groups is 1. The Morgan fingerprint density at radius 1 is 1.29 bits per heavy atom. The zero-order chi connectivity index (χ0) is 18.0. The van der Waals surface area contributed by atoms with E-state index in [1.54, 1.807) is 12.1 Å². The molecule has 0 aromatic heterocycles. The maximum Gasteiger partial charge on any atom is 0.341 e. The summed E-state index contributed by atoms with van der Waals surface area (Å²) in [5.74, 6) is -2.37. The second kappa shape index (κ2) is 7.14. The zero-order valence-corrected chi connectivity index (χ0v) is 15.3. The SMILES string of the molecule is CN1C(=O)NC(=O)/C(=C\c2cc(Br)c(OCC(=O)O)c(Br)c2)C1=O. The van der Waals surface area contributed by atoms with Crippen molar-refractivity contribution in [3.8, 4) is 5.75 Å². The number of nitrogens with zero attached hydrogens (tertiary/aromatic N) is 1. The van der Waals surface area contributed by atoms with Crippen molar-refractivity contribution in [3.05, 3.63) is 32.2 Å². The molecule has 126 valence electrons. The van der Waals surface area contributed by atoms with Gasteiger partial charge in [-0.25, -0.2) is 9.59 Å². The summed E-state index contributed by atoms with van der Waals surface area (Å²) in [6, 6.07) is 2.31. The number of aliphatic carboxylic acids is 1. The minimum atomic E-state index is -1.13. The molecule has 24 heavy (non-hydrogen) atoms. The van der Waals surface area contributed by atoms with Crippen LogP contribution in [0.5, 0.6) is 5.75 Å². The molecule has 1 fully saturated rings. The Balaban J connectivity index is 2.36. The average Bonchev–Trinajstić information content (AvgIpc) is 2.48. The van der Waals surface area contributed by atoms with Crippen molar-refractivity contribution in [2.75, 3.05) is 13.7 Å². The van der Waals surface area contributed by atoms with Crippen molar-refractivity contribution in [2.45, 2.75) is 0 Å². The number of hydrogen-bond acceptors (Lipinski definition) is 5. The predicted molar refractivity (Wildman–Crippen MR) is 89.3 cm³/mol. The van der Waals surface area contributed by atoms with Crippen LogP contribution in [0.4, 0.5) is 4.79 Å². The fourth-order valence-corrected chi connectivity index (χ4v) is 3.30. The number of imide groups is 2.